The van der Waals surface area contributed by atoms with Gasteiger partial charge in [0.2, 0.25) is 0 Å². The fourth-order valence-corrected chi connectivity index (χ4v) is 2.41. The Labute approximate surface area is 120 Å². The Hall–Kier alpha value is -1.71. The van der Waals surface area contributed by atoms with Crippen LogP contribution in [-0.4, -0.2) is 34.7 Å². The average Bonchev–Trinajstić information content (AvgIpc) is 2.36. The summed E-state index contributed by atoms with van der Waals surface area (Å²) in [4.78, 5) is 12.0. The molecule has 108 valence electrons. The molecule has 0 aliphatic carbocycles. The van der Waals surface area contributed by atoms with E-state index in [2.05, 4.69) is 17.2 Å². The normalized spacial score (nSPS) is 13.0. The fraction of sp³-hybridized carbons (Fsp3) is 0.357. The summed E-state index contributed by atoms with van der Waals surface area (Å²) in [5.41, 5.74) is 5.70. The van der Waals surface area contributed by atoms with Gasteiger partial charge in [0.25, 0.3) is 5.91 Å². The van der Waals surface area contributed by atoms with E-state index >= 15 is 0 Å². The number of benzene rings is 1. The van der Waals surface area contributed by atoms with Crippen molar-refractivity contribution in [1.29, 1.82) is 0 Å². The number of rotatable bonds is 4. The molecule has 6 heteroatoms. The molecule has 0 fully saturated rings. The third kappa shape index (κ3) is 5.11. The molecular weight excluding hydrogens is 279 g/mol. The number of halogens is 1. The van der Waals surface area contributed by atoms with Gasteiger partial charge in [-0.25, -0.2) is 4.39 Å². The number of nitrogens with two attached hydrogens (primary N) is 1. The van der Waals surface area contributed by atoms with Gasteiger partial charge in [-0.15, -0.1) is 0 Å². The lowest BCUT2D eigenvalue weighted by Gasteiger charge is -2.13. The van der Waals surface area contributed by atoms with Gasteiger partial charge >= 0.3 is 0 Å². The lowest BCUT2D eigenvalue weighted by atomic mass is 10.1. The van der Waals surface area contributed by atoms with Crippen molar-refractivity contribution in [3.05, 3.63) is 35.1 Å². The topological polar surface area (TPSA) is 72.2 Å². The van der Waals surface area contributed by atoms with Crippen LogP contribution in [0.5, 0.6) is 0 Å². The third-order valence-corrected chi connectivity index (χ3v) is 3.38. The van der Waals surface area contributed by atoms with Crippen LogP contribution >= 0.6 is 0 Å². The summed E-state index contributed by atoms with van der Waals surface area (Å²) in [6.45, 7) is 1.91. The Morgan fingerprint density at radius 1 is 1.55 bits per heavy atom. The van der Waals surface area contributed by atoms with Crippen molar-refractivity contribution in [3.8, 4) is 11.8 Å². The lowest BCUT2D eigenvalue weighted by Crippen LogP contribution is -2.36. The second-order valence-corrected chi connectivity index (χ2v) is 5.79. The monoisotopic (exact) mass is 296 g/mol. The molecule has 4 nitrogen and oxygen atoms in total. The SMILES string of the molecule is CC(CS(C)=O)NC(=O)c1cc(C#CCN)ccc1F. The zero-order valence-electron chi connectivity index (χ0n) is 11.4. The first-order valence-electron chi connectivity index (χ1n) is 6.03. The molecule has 20 heavy (non-hydrogen) atoms. The van der Waals surface area contributed by atoms with Gasteiger partial charge in [0.1, 0.15) is 5.82 Å². The zero-order chi connectivity index (χ0) is 15.1. The molecule has 0 saturated carbocycles. The van der Waals surface area contributed by atoms with Crippen LogP contribution < -0.4 is 11.1 Å². The van der Waals surface area contributed by atoms with Crippen molar-refractivity contribution >= 4 is 16.7 Å². The Morgan fingerprint density at radius 3 is 2.85 bits per heavy atom. The van der Waals surface area contributed by atoms with Crippen LogP contribution in [0, 0.1) is 17.7 Å². The molecule has 0 radical (unpaired) electrons. The minimum absolute atomic E-state index is 0.0810. The van der Waals surface area contributed by atoms with Gasteiger partial charge < -0.3 is 11.1 Å². The van der Waals surface area contributed by atoms with E-state index in [1.807, 2.05) is 0 Å². The number of nitrogens with one attached hydrogen (secondary N) is 1. The molecule has 1 aromatic carbocycles. The molecule has 1 aromatic rings. The summed E-state index contributed by atoms with van der Waals surface area (Å²) in [7, 11) is -1.03. The maximum absolute atomic E-state index is 13.7. The molecule has 0 aromatic heterocycles. The van der Waals surface area contributed by atoms with E-state index in [9.17, 15) is 13.4 Å². The van der Waals surface area contributed by atoms with E-state index in [0.717, 1.165) is 0 Å². The van der Waals surface area contributed by atoms with Crippen molar-refractivity contribution in [3.63, 3.8) is 0 Å². The highest BCUT2D eigenvalue weighted by Gasteiger charge is 2.15. The van der Waals surface area contributed by atoms with E-state index in [0.29, 0.717) is 11.3 Å². The predicted molar refractivity (Wildman–Crippen MR) is 78.2 cm³/mol. The number of carbonyl (C=O) groups excluding carboxylic acids is 1. The molecule has 0 aliphatic heterocycles. The predicted octanol–water partition coefficient (Wildman–Crippen LogP) is 0.633. The van der Waals surface area contributed by atoms with Gasteiger partial charge in [0.05, 0.1) is 12.1 Å². The zero-order valence-corrected chi connectivity index (χ0v) is 12.2. The molecule has 1 amide bonds. The molecule has 2 unspecified atom stereocenters. The summed E-state index contributed by atoms with van der Waals surface area (Å²) < 4.78 is 24.7. The second kappa shape index (κ2) is 7.78. The van der Waals surface area contributed by atoms with Gasteiger partial charge in [-0.1, -0.05) is 11.8 Å². The molecule has 0 bridgehead atoms. The average molecular weight is 296 g/mol. The molecule has 2 atom stereocenters. The Kier molecular flexibility index (Phi) is 6.36. The quantitative estimate of drug-likeness (QED) is 0.801. The Bertz CT molecular complexity index is 578. The highest BCUT2D eigenvalue weighted by molar-refractivity contribution is 7.84. The third-order valence-electron chi connectivity index (χ3n) is 2.41. The smallest absolute Gasteiger partial charge is 0.254 e. The molecule has 0 saturated heterocycles. The van der Waals surface area contributed by atoms with E-state index in [1.54, 1.807) is 13.2 Å². The number of hydrogen-bond acceptors (Lipinski definition) is 3. The summed E-state index contributed by atoms with van der Waals surface area (Å²) in [6.07, 6.45) is 1.55. The second-order valence-electron chi connectivity index (χ2n) is 4.31. The Morgan fingerprint density at radius 2 is 2.25 bits per heavy atom. The van der Waals surface area contributed by atoms with Crippen LogP contribution in [0.4, 0.5) is 4.39 Å². The van der Waals surface area contributed by atoms with Crippen molar-refractivity contribution in [2.75, 3.05) is 18.6 Å². The minimum Gasteiger partial charge on any atom is -0.349 e. The van der Waals surface area contributed by atoms with Crippen molar-refractivity contribution in [1.82, 2.24) is 5.32 Å². The first-order chi connectivity index (χ1) is 9.43. The standard InChI is InChI=1S/C14H17FN2O2S/c1-10(9-20(2)19)17-14(18)12-8-11(4-3-7-16)5-6-13(12)15/h5-6,8,10H,7,9,16H2,1-2H3,(H,17,18). The molecule has 0 heterocycles. The van der Waals surface area contributed by atoms with Crippen LogP contribution in [0.25, 0.3) is 0 Å². The molecule has 3 N–H and O–H groups in total. The summed E-state index contributed by atoms with van der Waals surface area (Å²) in [5.74, 6) is 4.54. The first-order valence-corrected chi connectivity index (χ1v) is 7.76. The highest BCUT2D eigenvalue weighted by atomic mass is 32.2. The van der Waals surface area contributed by atoms with Crippen molar-refractivity contribution in [2.24, 2.45) is 5.73 Å². The van der Waals surface area contributed by atoms with Gasteiger partial charge in [-0.2, -0.15) is 0 Å². The maximum atomic E-state index is 13.7. The molecule has 0 spiro atoms. The summed E-state index contributed by atoms with van der Waals surface area (Å²) in [6, 6.07) is 3.76. The minimum atomic E-state index is -1.03. The fourth-order valence-electron chi connectivity index (χ4n) is 1.63. The first kappa shape index (κ1) is 16.3. The number of hydrogen-bond donors (Lipinski definition) is 2. The van der Waals surface area contributed by atoms with E-state index in [-0.39, 0.29) is 18.2 Å². The highest BCUT2D eigenvalue weighted by Crippen LogP contribution is 2.10. The van der Waals surface area contributed by atoms with E-state index < -0.39 is 22.5 Å². The van der Waals surface area contributed by atoms with Gasteiger partial charge in [0.15, 0.2) is 0 Å². The summed E-state index contributed by atoms with van der Waals surface area (Å²) >= 11 is 0. The lowest BCUT2D eigenvalue weighted by molar-refractivity contribution is 0.0939. The van der Waals surface area contributed by atoms with Gasteiger partial charge in [0, 0.05) is 34.4 Å². The Balaban J connectivity index is 2.89. The van der Waals surface area contributed by atoms with Gasteiger partial charge in [-0.05, 0) is 25.1 Å². The molecular formula is C14H17FN2O2S. The number of amides is 1. The molecule has 1 rings (SSSR count). The van der Waals surface area contributed by atoms with E-state index in [1.165, 1.54) is 18.2 Å². The van der Waals surface area contributed by atoms with E-state index in [4.69, 9.17) is 5.73 Å². The molecule has 0 aliphatic rings. The van der Waals surface area contributed by atoms with Crippen molar-refractivity contribution in [2.45, 2.75) is 13.0 Å². The van der Waals surface area contributed by atoms with Crippen LogP contribution in [0.2, 0.25) is 0 Å². The van der Waals surface area contributed by atoms with Gasteiger partial charge in [-0.3, -0.25) is 9.00 Å². The van der Waals surface area contributed by atoms with Crippen LogP contribution in [0.1, 0.15) is 22.8 Å². The van der Waals surface area contributed by atoms with Crippen molar-refractivity contribution < 1.29 is 13.4 Å². The van der Waals surface area contributed by atoms with Crippen LogP contribution in [0.15, 0.2) is 18.2 Å². The van der Waals surface area contributed by atoms with Crippen LogP contribution in [0.3, 0.4) is 0 Å². The summed E-state index contributed by atoms with van der Waals surface area (Å²) in [5, 5.41) is 2.61. The number of carbonyl (C=O) groups is 1. The van der Waals surface area contributed by atoms with Crippen LogP contribution in [-0.2, 0) is 10.8 Å². The maximum Gasteiger partial charge on any atom is 0.254 e. The largest absolute Gasteiger partial charge is 0.349 e.